The number of ether oxygens (including phenoxy) is 1. The predicted molar refractivity (Wildman–Crippen MR) is 80.6 cm³/mol. The lowest BCUT2D eigenvalue weighted by molar-refractivity contribution is -0.385. The van der Waals surface area contributed by atoms with Crippen LogP contribution in [0.1, 0.15) is 20.7 Å². The quantitative estimate of drug-likeness (QED) is 0.645. The molecule has 2 rings (SSSR count). The number of amides is 1. The van der Waals surface area contributed by atoms with Gasteiger partial charge in [0.05, 0.1) is 17.6 Å². The first kappa shape index (κ1) is 16.7. The van der Waals surface area contributed by atoms with Gasteiger partial charge in [0.1, 0.15) is 11.3 Å². The molecule has 0 aliphatic carbocycles. The van der Waals surface area contributed by atoms with E-state index in [1.807, 2.05) is 5.48 Å². The van der Waals surface area contributed by atoms with Crippen LogP contribution in [0.2, 0.25) is 0 Å². The van der Waals surface area contributed by atoms with Gasteiger partial charge in [0.15, 0.2) is 0 Å². The monoisotopic (exact) mass is 332 g/mol. The second-order valence-corrected chi connectivity index (χ2v) is 4.45. The number of aromatic hydroxyl groups is 1. The van der Waals surface area contributed by atoms with Crippen LogP contribution < -0.4 is 10.2 Å². The van der Waals surface area contributed by atoms with Gasteiger partial charge in [-0.2, -0.15) is 5.48 Å². The molecule has 2 aromatic rings. The molecule has 24 heavy (non-hydrogen) atoms. The maximum Gasteiger partial charge on any atom is 0.366 e. The fourth-order valence-corrected chi connectivity index (χ4v) is 1.88. The number of hydroxylamine groups is 1. The number of hydrogen-bond acceptors (Lipinski definition) is 7. The van der Waals surface area contributed by atoms with Crippen molar-refractivity contribution in [2.24, 2.45) is 0 Å². The molecule has 0 saturated carbocycles. The van der Waals surface area contributed by atoms with Crippen molar-refractivity contribution in [1.82, 2.24) is 5.48 Å². The second kappa shape index (κ2) is 7.09. The molecule has 2 N–H and O–H groups in total. The zero-order valence-corrected chi connectivity index (χ0v) is 12.4. The number of methoxy groups -OCH3 is 1. The Morgan fingerprint density at radius 3 is 2.46 bits per heavy atom. The smallest absolute Gasteiger partial charge is 0.366 e. The highest BCUT2D eigenvalue weighted by Gasteiger charge is 2.22. The lowest BCUT2D eigenvalue weighted by Gasteiger charge is -2.09. The molecule has 0 radical (unpaired) electrons. The van der Waals surface area contributed by atoms with Crippen molar-refractivity contribution < 1.29 is 29.2 Å². The van der Waals surface area contributed by atoms with E-state index in [0.29, 0.717) is 0 Å². The normalized spacial score (nSPS) is 9.88. The first-order valence-corrected chi connectivity index (χ1v) is 6.56. The van der Waals surface area contributed by atoms with Gasteiger partial charge in [0, 0.05) is 6.07 Å². The fourth-order valence-electron chi connectivity index (χ4n) is 1.88. The summed E-state index contributed by atoms with van der Waals surface area (Å²) in [5.74, 6) is -2.49. The van der Waals surface area contributed by atoms with E-state index in [0.717, 1.165) is 12.1 Å². The van der Waals surface area contributed by atoms with Crippen molar-refractivity contribution >= 4 is 17.6 Å². The Kier molecular flexibility index (Phi) is 4.95. The van der Waals surface area contributed by atoms with Crippen molar-refractivity contribution in [3.8, 4) is 11.5 Å². The number of phenols is 1. The number of rotatable bonds is 4. The Hall–Kier alpha value is -3.62. The topological polar surface area (TPSA) is 128 Å². The van der Waals surface area contributed by atoms with Crippen LogP contribution in [-0.2, 0) is 4.84 Å². The summed E-state index contributed by atoms with van der Waals surface area (Å²) < 4.78 is 4.99. The minimum atomic E-state index is -1.01. The molecular formula is C15H12N2O7. The lowest BCUT2D eigenvalue weighted by atomic mass is 10.1. The fraction of sp³-hybridized carbons (Fsp3) is 0.0667. The summed E-state index contributed by atoms with van der Waals surface area (Å²) in [6.45, 7) is 0. The number of para-hydroxylation sites is 2. The molecule has 9 heteroatoms. The number of phenolic OH excluding ortho intramolecular Hbond substituents is 1. The Labute approximate surface area is 135 Å². The highest BCUT2D eigenvalue weighted by Crippen LogP contribution is 2.29. The van der Waals surface area contributed by atoms with Crippen molar-refractivity contribution in [2.75, 3.05) is 7.11 Å². The highest BCUT2D eigenvalue weighted by molar-refractivity contribution is 5.99. The molecule has 0 aliphatic heterocycles. The first-order chi connectivity index (χ1) is 11.5. The van der Waals surface area contributed by atoms with Gasteiger partial charge in [-0.15, -0.1) is 0 Å². The van der Waals surface area contributed by atoms with Crippen molar-refractivity contribution in [1.29, 1.82) is 0 Å². The van der Waals surface area contributed by atoms with Gasteiger partial charge < -0.3 is 14.7 Å². The van der Waals surface area contributed by atoms with Crippen molar-refractivity contribution in [3.05, 3.63) is 63.7 Å². The van der Waals surface area contributed by atoms with Gasteiger partial charge in [0.25, 0.3) is 5.91 Å². The van der Waals surface area contributed by atoms with Gasteiger partial charge in [-0.25, -0.2) is 4.79 Å². The Bertz CT molecular complexity index is 804. The summed E-state index contributed by atoms with van der Waals surface area (Å²) in [6.07, 6.45) is 0. The molecule has 1 amide bonds. The SMILES string of the molecule is COc1ccccc1C(=O)ONC(=O)c1cccc([N+](=O)[O-])c1O. The van der Waals surface area contributed by atoms with Gasteiger partial charge >= 0.3 is 11.7 Å². The molecule has 0 aromatic heterocycles. The molecule has 2 aromatic carbocycles. The summed E-state index contributed by atoms with van der Waals surface area (Å²) >= 11 is 0. The van der Waals surface area contributed by atoms with Crippen molar-refractivity contribution in [3.63, 3.8) is 0 Å². The number of nitrogens with zero attached hydrogens (tertiary/aromatic N) is 1. The number of carbonyl (C=O) groups excluding carboxylic acids is 2. The van der Waals surface area contributed by atoms with Crippen LogP contribution in [0.15, 0.2) is 42.5 Å². The maximum absolute atomic E-state index is 11.9. The van der Waals surface area contributed by atoms with Crippen LogP contribution in [0.25, 0.3) is 0 Å². The van der Waals surface area contributed by atoms with Crippen LogP contribution in [0.4, 0.5) is 5.69 Å². The second-order valence-electron chi connectivity index (χ2n) is 4.45. The molecule has 9 nitrogen and oxygen atoms in total. The Morgan fingerprint density at radius 1 is 1.12 bits per heavy atom. The summed E-state index contributed by atoms with van der Waals surface area (Å²) in [7, 11) is 1.37. The van der Waals surface area contributed by atoms with Crippen LogP contribution in [0.3, 0.4) is 0 Å². The van der Waals surface area contributed by atoms with E-state index in [-0.39, 0.29) is 11.3 Å². The number of hydrogen-bond donors (Lipinski definition) is 2. The average Bonchev–Trinajstić information content (AvgIpc) is 2.59. The summed E-state index contributed by atoms with van der Waals surface area (Å²) in [4.78, 5) is 38.4. The molecule has 0 unspecified atom stereocenters. The summed E-state index contributed by atoms with van der Waals surface area (Å²) in [6, 6.07) is 9.59. The van der Waals surface area contributed by atoms with Crippen molar-refractivity contribution in [2.45, 2.75) is 0 Å². The zero-order valence-electron chi connectivity index (χ0n) is 12.4. The number of benzene rings is 2. The minimum absolute atomic E-state index is 0.0727. The highest BCUT2D eigenvalue weighted by atomic mass is 16.7. The van der Waals surface area contributed by atoms with E-state index < -0.39 is 33.8 Å². The molecule has 0 aliphatic rings. The van der Waals surface area contributed by atoms with E-state index in [2.05, 4.69) is 4.84 Å². The summed E-state index contributed by atoms with van der Waals surface area (Å²) in [5, 5.41) is 20.5. The number of nitro benzene ring substituents is 1. The maximum atomic E-state index is 11.9. The zero-order chi connectivity index (χ0) is 17.7. The molecule has 0 fully saturated rings. The molecule has 0 atom stereocenters. The average molecular weight is 332 g/mol. The molecular weight excluding hydrogens is 320 g/mol. The molecule has 0 bridgehead atoms. The van der Waals surface area contributed by atoms with Gasteiger partial charge in [-0.1, -0.05) is 18.2 Å². The standard InChI is InChI=1S/C15H12N2O7/c1-23-12-8-3-2-5-9(12)15(20)24-16-14(19)10-6-4-7-11(13(10)18)17(21)22/h2-8,18H,1H3,(H,16,19). The number of nitro groups is 1. The van der Waals surface area contributed by atoms with Crippen LogP contribution >= 0.6 is 0 Å². The molecule has 0 spiro atoms. The van der Waals surface area contributed by atoms with Gasteiger partial charge in [-0.3, -0.25) is 14.9 Å². The van der Waals surface area contributed by atoms with E-state index in [1.165, 1.54) is 25.3 Å². The first-order valence-electron chi connectivity index (χ1n) is 6.56. The lowest BCUT2D eigenvalue weighted by Crippen LogP contribution is -2.27. The Morgan fingerprint density at radius 2 is 1.79 bits per heavy atom. The van der Waals surface area contributed by atoms with Crippen LogP contribution in [0, 0.1) is 10.1 Å². The third-order valence-corrected chi connectivity index (χ3v) is 3.02. The predicted octanol–water partition coefficient (Wildman–Crippen LogP) is 1.81. The van der Waals surface area contributed by atoms with E-state index in [9.17, 15) is 24.8 Å². The third-order valence-electron chi connectivity index (χ3n) is 3.02. The minimum Gasteiger partial charge on any atom is -0.502 e. The van der Waals surface area contributed by atoms with E-state index in [1.54, 1.807) is 12.1 Å². The molecule has 0 saturated heterocycles. The van der Waals surface area contributed by atoms with Gasteiger partial charge in [0.2, 0.25) is 5.75 Å². The number of carbonyl (C=O) groups is 2. The molecule has 0 heterocycles. The van der Waals surface area contributed by atoms with E-state index >= 15 is 0 Å². The summed E-state index contributed by atoms with van der Waals surface area (Å²) in [5.41, 5.74) is 0.856. The van der Waals surface area contributed by atoms with E-state index in [4.69, 9.17) is 4.74 Å². The Balaban J connectivity index is 2.13. The number of nitrogens with one attached hydrogen (secondary N) is 1. The van der Waals surface area contributed by atoms with Crippen LogP contribution in [0.5, 0.6) is 11.5 Å². The third kappa shape index (κ3) is 3.40. The van der Waals surface area contributed by atoms with Gasteiger partial charge in [-0.05, 0) is 18.2 Å². The largest absolute Gasteiger partial charge is 0.502 e. The molecule has 124 valence electrons. The van der Waals surface area contributed by atoms with Crippen LogP contribution in [-0.4, -0.2) is 29.0 Å².